The fourth-order valence-electron chi connectivity index (χ4n) is 3.96. The lowest BCUT2D eigenvalue weighted by atomic mass is 10.1. The van der Waals surface area contributed by atoms with E-state index in [1.807, 2.05) is 0 Å². The molecule has 15 heteroatoms. The van der Waals surface area contributed by atoms with Crippen molar-refractivity contribution in [1.29, 1.82) is 0 Å². The highest BCUT2D eigenvalue weighted by Crippen LogP contribution is 2.36. The second-order valence-electron chi connectivity index (χ2n) is 9.55. The Labute approximate surface area is 239 Å². The van der Waals surface area contributed by atoms with E-state index in [1.54, 1.807) is 45.0 Å². The van der Waals surface area contributed by atoms with Gasteiger partial charge in [-0.25, -0.2) is 19.7 Å². The van der Waals surface area contributed by atoms with Gasteiger partial charge in [-0.05, 0) is 31.2 Å². The molecule has 5 N–H and O–H groups in total. The monoisotopic (exact) mass is 591 g/mol. The zero-order chi connectivity index (χ0) is 29.7. The fourth-order valence-corrected chi connectivity index (χ4v) is 4.88. The van der Waals surface area contributed by atoms with Crippen molar-refractivity contribution in [3.05, 3.63) is 36.2 Å². The summed E-state index contributed by atoms with van der Waals surface area (Å²) in [6, 6.07) is 6.35. The molecule has 1 aliphatic rings. The van der Waals surface area contributed by atoms with Gasteiger partial charge < -0.3 is 40.0 Å². The highest BCUT2D eigenvalue weighted by Gasteiger charge is 2.46. The lowest BCUT2D eigenvalue weighted by molar-refractivity contribution is -0.153. The number of benzene rings is 1. The minimum atomic E-state index is -1.41. The van der Waals surface area contributed by atoms with Gasteiger partial charge in [0.25, 0.3) is 0 Å². The van der Waals surface area contributed by atoms with Crippen molar-refractivity contribution in [3.8, 4) is 5.75 Å². The van der Waals surface area contributed by atoms with Crippen molar-refractivity contribution in [2.45, 2.75) is 56.6 Å². The van der Waals surface area contributed by atoms with Crippen molar-refractivity contribution in [3.63, 3.8) is 0 Å². The van der Waals surface area contributed by atoms with E-state index in [0.29, 0.717) is 16.5 Å². The molecular weight excluding hydrogens is 558 g/mol. The maximum atomic E-state index is 11.9. The molecule has 0 spiro atoms. The number of anilines is 1. The summed E-state index contributed by atoms with van der Waals surface area (Å²) in [6.45, 7) is 5.04. The molecular formula is C26H33N5O9S. The van der Waals surface area contributed by atoms with Crippen molar-refractivity contribution < 1.29 is 43.9 Å². The van der Waals surface area contributed by atoms with Crippen LogP contribution in [0.1, 0.15) is 37.4 Å². The number of aliphatic hydroxyl groups is 3. The average molecular weight is 592 g/mol. The topological polar surface area (TPSA) is 201 Å². The minimum absolute atomic E-state index is 0.0571. The van der Waals surface area contributed by atoms with Crippen LogP contribution in [-0.2, 0) is 19.0 Å². The predicted octanol–water partition coefficient (Wildman–Crippen LogP) is 0.936. The third-order valence-corrected chi connectivity index (χ3v) is 7.24. The van der Waals surface area contributed by atoms with E-state index in [1.165, 1.54) is 10.9 Å². The molecule has 0 unspecified atom stereocenters. The highest BCUT2D eigenvalue weighted by atomic mass is 32.2. The number of hydrogen-bond donors (Lipinski definition) is 4. The number of rotatable bonds is 12. The Morgan fingerprint density at radius 3 is 2.56 bits per heavy atom. The van der Waals surface area contributed by atoms with E-state index in [2.05, 4.69) is 15.0 Å². The molecule has 2 aromatic heterocycles. The van der Waals surface area contributed by atoms with Gasteiger partial charge in [-0.2, -0.15) is 0 Å². The van der Waals surface area contributed by atoms with Gasteiger partial charge in [-0.1, -0.05) is 25.6 Å². The Morgan fingerprint density at radius 1 is 1.15 bits per heavy atom. The SMILES string of the molecule is CCOC(=O)c1ccc(OC[C@@H](O)CSc2nc3c(N)ncnc3n2[C@@H]2O[C@H](COC(=O)C(C)C)[C@@H](O)[C@H]2O)cc1. The zero-order valence-electron chi connectivity index (χ0n) is 22.7. The number of nitrogens with two attached hydrogens (primary N) is 1. The molecule has 0 saturated carbocycles. The summed E-state index contributed by atoms with van der Waals surface area (Å²) in [5.74, 6) is -0.586. The maximum Gasteiger partial charge on any atom is 0.338 e. The normalized spacial score (nSPS) is 21.2. The number of nitrogens with zero attached hydrogens (tertiary/aromatic N) is 4. The number of carbonyl (C=O) groups excluding carboxylic acids is 2. The molecule has 0 radical (unpaired) electrons. The Kier molecular flexibility index (Phi) is 9.99. The molecule has 222 valence electrons. The summed E-state index contributed by atoms with van der Waals surface area (Å²) in [5, 5.41) is 32.4. The minimum Gasteiger partial charge on any atom is -0.491 e. The van der Waals surface area contributed by atoms with E-state index < -0.39 is 42.6 Å². The summed E-state index contributed by atoms with van der Waals surface area (Å²) in [5.41, 5.74) is 6.90. The molecule has 5 atom stereocenters. The smallest absolute Gasteiger partial charge is 0.338 e. The van der Waals surface area contributed by atoms with Crippen LogP contribution >= 0.6 is 11.8 Å². The predicted molar refractivity (Wildman–Crippen MR) is 146 cm³/mol. The number of ether oxygens (including phenoxy) is 4. The molecule has 41 heavy (non-hydrogen) atoms. The Hall–Kier alpha value is -3.50. The van der Waals surface area contributed by atoms with Crippen molar-refractivity contribution in [2.24, 2.45) is 5.92 Å². The summed E-state index contributed by atoms with van der Waals surface area (Å²) in [6.07, 6.45) is -4.60. The van der Waals surface area contributed by atoms with Crippen LogP contribution in [-0.4, -0.2) is 96.8 Å². The molecule has 3 heterocycles. The van der Waals surface area contributed by atoms with Gasteiger partial charge in [-0.3, -0.25) is 9.36 Å². The molecule has 1 aromatic carbocycles. The molecule has 3 aromatic rings. The van der Waals surface area contributed by atoms with Crippen molar-refractivity contribution in [2.75, 3.05) is 31.3 Å². The van der Waals surface area contributed by atoms with Crippen LogP contribution in [0.15, 0.2) is 35.7 Å². The van der Waals surface area contributed by atoms with E-state index >= 15 is 0 Å². The second kappa shape index (κ2) is 13.4. The van der Waals surface area contributed by atoms with Crippen LogP contribution in [0.5, 0.6) is 5.75 Å². The maximum absolute atomic E-state index is 11.9. The standard InChI is InChI=1S/C26H33N5O9S/c1-4-37-25(36)14-5-7-16(8-6-14)38-9-15(32)11-41-26-30-18-21(27)28-12-29-22(18)31(26)23-20(34)19(33)17(40-23)10-39-24(35)13(2)3/h5-8,12-13,15,17,19-20,23,32-34H,4,9-11H2,1-3H3,(H2,27,28,29)/t15-,17-,19-,20-,23-/m1/s1. The van der Waals surface area contributed by atoms with Gasteiger partial charge >= 0.3 is 11.9 Å². The van der Waals surface area contributed by atoms with Crippen LogP contribution in [0.3, 0.4) is 0 Å². The first-order chi connectivity index (χ1) is 19.6. The molecule has 0 aliphatic carbocycles. The number of aromatic nitrogens is 4. The lowest BCUT2D eigenvalue weighted by Crippen LogP contribution is -2.34. The van der Waals surface area contributed by atoms with E-state index in [9.17, 15) is 24.9 Å². The lowest BCUT2D eigenvalue weighted by Gasteiger charge is -2.19. The van der Waals surface area contributed by atoms with Gasteiger partial charge in [0.1, 0.15) is 43.6 Å². The molecule has 14 nitrogen and oxygen atoms in total. The Bertz CT molecular complexity index is 1350. The highest BCUT2D eigenvalue weighted by molar-refractivity contribution is 7.99. The first-order valence-electron chi connectivity index (χ1n) is 13.0. The number of hydrogen-bond acceptors (Lipinski definition) is 14. The van der Waals surface area contributed by atoms with Gasteiger partial charge in [0, 0.05) is 5.75 Å². The van der Waals surface area contributed by atoms with Crippen LogP contribution in [0.4, 0.5) is 5.82 Å². The van der Waals surface area contributed by atoms with Gasteiger partial charge in [0.2, 0.25) is 0 Å². The molecule has 1 saturated heterocycles. The molecule has 4 rings (SSSR count). The van der Waals surface area contributed by atoms with E-state index in [0.717, 1.165) is 11.8 Å². The second-order valence-corrected chi connectivity index (χ2v) is 10.5. The van der Waals surface area contributed by atoms with Crippen LogP contribution in [0, 0.1) is 5.92 Å². The zero-order valence-corrected chi connectivity index (χ0v) is 23.6. The first kappa shape index (κ1) is 30.5. The van der Waals surface area contributed by atoms with Crippen molar-refractivity contribution in [1.82, 2.24) is 19.5 Å². The number of carbonyl (C=O) groups is 2. The fraction of sp³-hybridized carbons (Fsp3) is 0.500. The molecule has 1 aliphatic heterocycles. The van der Waals surface area contributed by atoms with Crippen LogP contribution in [0.25, 0.3) is 11.2 Å². The third-order valence-electron chi connectivity index (χ3n) is 6.14. The van der Waals surface area contributed by atoms with Crippen LogP contribution < -0.4 is 10.5 Å². The molecule has 0 bridgehead atoms. The quantitative estimate of drug-likeness (QED) is 0.171. The van der Waals surface area contributed by atoms with Gasteiger partial charge in [0.15, 0.2) is 28.4 Å². The van der Waals surface area contributed by atoms with Gasteiger partial charge in [-0.15, -0.1) is 0 Å². The first-order valence-corrected chi connectivity index (χ1v) is 14.0. The number of aliphatic hydroxyl groups excluding tert-OH is 3. The van der Waals surface area contributed by atoms with Crippen LogP contribution in [0.2, 0.25) is 0 Å². The average Bonchev–Trinajstić information content (AvgIpc) is 3.46. The number of imidazole rings is 1. The largest absolute Gasteiger partial charge is 0.491 e. The summed E-state index contributed by atoms with van der Waals surface area (Å²) in [7, 11) is 0. The molecule has 0 amide bonds. The van der Waals surface area contributed by atoms with E-state index in [4.69, 9.17) is 24.7 Å². The number of esters is 2. The molecule has 1 fully saturated rings. The Morgan fingerprint density at radius 2 is 1.88 bits per heavy atom. The summed E-state index contributed by atoms with van der Waals surface area (Å²) >= 11 is 1.13. The van der Waals surface area contributed by atoms with E-state index in [-0.39, 0.29) is 48.5 Å². The number of nitrogen functional groups attached to an aromatic ring is 1. The Balaban J connectivity index is 1.44. The van der Waals surface area contributed by atoms with Gasteiger partial charge in [0.05, 0.1) is 24.2 Å². The number of fused-ring (bicyclic) bond motifs is 1. The summed E-state index contributed by atoms with van der Waals surface area (Å²) in [4.78, 5) is 36.4. The number of thioether (sulfide) groups is 1. The third kappa shape index (κ3) is 7.05. The summed E-state index contributed by atoms with van der Waals surface area (Å²) < 4.78 is 23.2. The van der Waals surface area contributed by atoms with Crippen molar-refractivity contribution >= 4 is 40.7 Å².